The van der Waals surface area contributed by atoms with E-state index in [1.807, 2.05) is 26.0 Å². The molecule has 1 amide bonds. The summed E-state index contributed by atoms with van der Waals surface area (Å²) < 4.78 is 5.72. The van der Waals surface area contributed by atoms with Crippen molar-refractivity contribution in [3.63, 3.8) is 0 Å². The second-order valence-electron chi connectivity index (χ2n) is 4.28. The molecular weight excluding hydrogens is 296 g/mol. The number of anilines is 1. The Kier molecular flexibility index (Phi) is 4.98. The molecule has 20 heavy (non-hydrogen) atoms. The summed E-state index contributed by atoms with van der Waals surface area (Å²) in [4.78, 5) is 16.1. The van der Waals surface area contributed by atoms with Crippen molar-refractivity contribution in [1.82, 2.24) is 4.98 Å². The molecule has 6 heteroatoms. The van der Waals surface area contributed by atoms with Crippen LogP contribution in [0.1, 0.15) is 18.9 Å². The summed E-state index contributed by atoms with van der Waals surface area (Å²) in [6, 6.07) is 5.48. The number of carbonyl (C=O) groups is 1. The van der Waals surface area contributed by atoms with Crippen molar-refractivity contribution in [2.75, 3.05) is 5.32 Å². The van der Waals surface area contributed by atoms with E-state index in [-0.39, 0.29) is 5.91 Å². The van der Waals surface area contributed by atoms with Crippen molar-refractivity contribution in [2.24, 2.45) is 0 Å². The van der Waals surface area contributed by atoms with Crippen LogP contribution in [0, 0.1) is 6.92 Å². The summed E-state index contributed by atoms with van der Waals surface area (Å²) in [6.45, 7) is 3.83. The number of rotatable bonds is 5. The van der Waals surface area contributed by atoms with Crippen LogP contribution in [0.2, 0.25) is 5.02 Å². The van der Waals surface area contributed by atoms with E-state index in [9.17, 15) is 4.79 Å². The van der Waals surface area contributed by atoms with E-state index in [1.165, 1.54) is 11.3 Å². The summed E-state index contributed by atoms with van der Waals surface area (Å²) in [5, 5.41) is 5.59. The Morgan fingerprint density at radius 3 is 3.00 bits per heavy atom. The highest BCUT2D eigenvalue weighted by atomic mass is 35.5. The normalized spacial score (nSPS) is 11.9. The largest absolute Gasteiger partial charge is 0.479 e. The maximum Gasteiger partial charge on any atom is 0.267 e. The van der Waals surface area contributed by atoms with Gasteiger partial charge in [0, 0.05) is 11.6 Å². The van der Waals surface area contributed by atoms with Gasteiger partial charge in [0.05, 0.1) is 5.02 Å². The van der Waals surface area contributed by atoms with Gasteiger partial charge in [-0.25, -0.2) is 4.98 Å². The molecule has 2 aromatic rings. The molecule has 1 N–H and O–H groups in total. The summed E-state index contributed by atoms with van der Waals surface area (Å²) >= 11 is 7.44. The van der Waals surface area contributed by atoms with E-state index in [4.69, 9.17) is 16.3 Å². The third-order valence-electron chi connectivity index (χ3n) is 2.68. The van der Waals surface area contributed by atoms with Crippen LogP contribution in [0.4, 0.5) is 5.13 Å². The Bertz CT molecular complexity index is 587. The molecule has 0 spiro atoms. The fraction of sp³-hybridized carbons (Fsp3) is 0.286. The topological polar surface area (TPSA) is 51.2 Å². The molecule has 0 unspecified atom stereocenters. The molecule has 0 fully saturated rings. The first-order valence-electron chi connectivity index (χ1n) is 6.23. The lowest BCUT2D eigenvalue weighted by atomic mass is 10.2. The lowest BCUT2D eigenvalue weighted by molar-refractivity contribution is -0.122. The second-order valence-corrected chi connectivity index (χ2v) is 5.58. The molecule has 0 aliphatic heterocycles. The Morgan fingerprint density at radius 2 is 2.35 bits per heavy atom. The monoisotopic (exact) mass is 310 g/mol. The van der Waals surface area contributed by atoms with E-state index >= 15 is 0 Å². The average molecular weight is 311 g/mol. The number of amides is 1. The molecule has 106 valence electrons. The van der Waals surface area contributed by atoms with Crippen LogP contribution >= 0.6 is 22.9 Å². The van der Waals surface area contributed by atoms with Crippen LogP contribution in [-0.4, -0.2) is 17.0 Å². The quantitative estimate of drug-likeness (QED) is 0.911. The molecule has 1 aromatic carbocycles. The minimum Gasteiger partial charge on any atom is -0.479 e. The Labute approximate surface area is 126 Å². The van der Waals surface area contributed by atoms with Crippen LogP contribution < -0.4 is 10.1 Å². The number of thiazole rings is 1. The van der Waals surface area contributed by atoms with Crippen LogP contribution in [0.15, 0.2) is 29.8 Å². The van der Waals surface area contributed by atoms with E-state index in [2.05, 4.69) is 10.3 Å². The molecule has 0 saturated carbocycles. The smallest absolute Gasteiger partial charge is 0.267 e. The zero-order valence-corrected chi connectivity index (χ0v) is 12.8. The molecule has 0 bridgehead atoms. The molecule has 1 atom stereocenters. The molecule has 0 aliphatic carbocycles. The minimum atomic E-state index is -0.599. The lowest BCUT2D eigenvalue weighted by Crippen LogP contribution is -2.32. The molecule has 4 nitrogen and oxygen atoms in total. The minimum absolute atomic E-state index is 0.222. The number of ether oxygens (including phenoxy) is 1. The van der Waals surface area contributed by atoms with Crippen LogP contribution in [-0.2, 0) is 4.79 Å². The zero-order valence-electron chi connectivity index (χ0n) is 11.2. The van der Waals surface area contributed by atoms with Gasteiger partial charge in [0.15, 0.2) is 11.2 Å². The highest BCUT2D eigenvalue weighted by Gasteiger charge is 2.20. The summed E-state index contributed by atoms with van der Waals surface area (Å²) in [6.07, 6.45) is 1.58. The van der Waals surface area contributed by atoms with Crippen molar-refractivity contribution in [2.45, 2.75) is 26.4 Å². The number of halogens is 1. The molecule has 1 heterocycles. The first-order chi connectivity index (χ1) is 9.60. The number of benzene rings is 1. The third-order valence-corrected chi connectivity index (χ3v) is 3.68. The zero-order chi connectivity index (χ0) is 14.5. The number of hydrogen-bond donors (Lipinski definition) is 1. The highest BCUT2D eigenvalue weighted by molar-refractivity contribution is 7.13. The van der Waals surface area contributed by atoms with Gasteiger partial charge in [-0.2, -0.15) is 0 Å². The van der Waals surface area contributed by atoms with Crippen molar-refractivity contribution >= 4 is 34.0 Å². The predicted molar refractivity (Wildman–Crippen MR) is 81.6 cm³/mol. The fourth-order valence-corrected chi connectivity index (χ4v) is 2.34. The van der Waals surface area contributed by atoms with Gasteiger partial charge in [0.1, 0.15) is 5.75 Å². The Hall–Kier alpha value is -1.59. The van der Waals surface area contributed by atoms with Gasteiger partial charge >= 0.3 is 0 Å². The van der Waals surface area contributed by atoms with Gasteiger partial charge in [0.25, 0.3) is 5.91 Å². The van der Waals surface area contributed by atoms with E-state index in [0.29, 0.717) is 22.3 Å². The van der Waals surface area contributed by atoms with Crippen LogP contribution in [0.3, 0.4) is 0 Å². The van der Waals surface area contributed by atoms with Crippen LogP contribution in [0.5, 0.6) is 5.75 Å². The van der Waals surface area contributed by atoms with Crippen molar-refractivity contribution in [3.8, 4) is 5.75 Å². The molecule has 1 aromatic heterocycles. The number of nitrogens with one attached hydrogen (secondary N) is 1. The van der Waals surface area contributed by atoms with Crippen molar-refractivity contribution in [1.29, 1.82) is 0 Å². The average Bonchev–Trinajstić information content (AvgIpc) is 2.92. The van der Waals surface area contributed by atoms with Gasteiger partial charge in [-0.15, -0.1) is 11.3 Å². The van der Waals surface area contributed by atoms with E-state index in [0.717, 1.165) is 5.56 Å². The fourth-order valence-electron chi connectivity index (χ4n) is 1.65. The number of aromatic nitrogens is 1. The van der Waals surface area contributed by atoms with Gasteiger partial charge in [-0.3, -0.25) is 10.1 Å². The second kappa shape index (κ2) is 6.72. The van der Waals surface area contributed by atoms with Crippen molar-refractivity contribution in [3.05, 3.63) is 40.4 Å². The Balaban J connectivity index is 2.08. The maximum absolute atomic E-state index is 12.1. The van der Waals surface area contributed by atoms with E-state index < -0.39 is 6.10 Å². The molecular formula is C14H15ClN2O2S. The summed E-state index contributed by atoms with van der Waals surface area (Å²) in [5.74, 6) is 0.299. The molecule has 2 rings (SSSR count). The number of aryl methyl sites for hydroxylation is 1. The standard InChI is InChI=1S/C14H15ClN2O2S/c1-3-11(13(18)17-14-16-6-7-20-14)19-12-8-9(2)4-5-10(12)15/h4-8,11H,3H2,1-2H3,(H,16,17,18)/t11-/m0/s1. The van der Waals surface area contributed by atoms with Gasteiger partial charge in [0.2, 0.25) is 0 Å². The van der Waals surface area contributed by atoms with E-state index in [1.54, 1.807) is 17.6 Å². The SMILES string of the molecule is CC[C@H](Oc1cc(C)ccc1Cl)C(=O)Nc1nccs1. The number of carbonyl (C=O) groups excluding carboxylic acids is 1. The molecule has 0 aliphatic rings. The number of hydrogen-bond acceptors (Lipinski definition) is 4. The van der Waals surface area contributed by atoms with Crippen LogP contribution in [0.25, 0.3) is 0 Å². The first-order valence-corrected chi connectivity index (χ1v) is 7.49. The maximum atomic E-state index is 12.1. The van der Waals surface area contributed by atoms with Gasteiger partial charge < -0.3 is 4.74 Å². The summed E-state index contributed by atoms with van der Waals surface area (Å²) in [7, 11) is 0. The van der Waals surface area contributed by atoms with Gasteiger partial charge in [-0.05, 0) is 31.0 Å². The predicted octanol–water partition coefficient (Wildman–Crippen LogP) is 3.90. The molecule has 0 radical (unpaired) electrons. The van der Waals surface area contributed by atoms with Crippen molar-refractivity contribution < 1.29 is 9.53 Å². The number of nitrogens with zero attached hydrogens (tertiary/aromatic N) is 1. The first kappa shape index (κ1) is 14.8. The van der Waals surface area contributed by atoms with Gasteiger partial charge in [-0.1, -0.05) is 24.6 Å². The third kappa shape index (κ3) is 3.71. The summed E-state index contributed by atoms with van der Waals surface area (Å²) in [5.41, 5.74) is 1.03. The highest BCUT2D eigenvalue weighted by Crippen LogP contribution is 2.27. The lowest BCUT2D eigenvalue weighted by Gasteiger charge is -2.17. The Morgan fingerprint density at radius 1 is 1.55 bits per heavy atom. The molecule has 0 saturated heterocycles.